The number of carbonyl (C=O) groups excluding carboxylic acids is 2. The SMILES string of the molecule is O=C(Cc1csc(NC(=O)NC2CCCCC2)n1)Nc1ccc(Cl)c(Cl)c1. The largest absolute Gasteiger partial charge is 0.335 e. The first-order chi connectivity index (χ1) is 13.0. The van der Waals surface area contributed by atoms with Gasteiger partial charge in [0.1, 0.15) is 0 Å². The van der Waals surface area contributed by atoms with E-state index in [2.05, 4.69) is 20.9 Å². The van der Waals surface area contributed by atoms with Crippen molar-refractivity contribution < 1.29 is 9.59 Å². The lowest BCUT2D eigenvalue weighted by molar-refractivity contribution is -0.115. The number of hydrogen-bond acceptors (Lipinski definition) is 4. The van der Waals surface area contributed by atoms with Gasteiger partial charge in [-0.05, 0) is 31.0 Å². The molecule has 1 saturated carbocycles. The van der Waals surface area contributed by atoms with E-state index in [0.29, 0.717) is 26.6 Å². The Balaban J connectivity index is 1.48. The summed E-state index contributed by atoms with van der Waals surface area (Å²) in [6, 6.07) is 4.87. The summed E-state index contributed by atoms with van der Waals surface area (Å²) >= 11 is 13.1. The van der Waals surface area contributed by atoms with Gasteiger partial charge in [0.25, 0.3) is 0 Å². The van der Waals surface area contributed by atoms with E-state index >= 15 is 0 Å². The fourth-order valence-corrected chi connectivity index (χ4v) is 3.96. The molecule has 0 saturated heterocycles. The highest BCUT2D eigenvalue weighted by molar-refractivity contribution is 7.13. The van der Waals surface area contributed by atoms with Crippen LogP contribution in [0.15, 0.2) is 23.6 Å². The van der Waals surface area contributed by atoms with E-state index in [1.807, 2.05) is 0 Å². The van der Waals surface area contributed by atoms with Crippen LogP contribution >= 0.6 is 34.5 Å². The standard InChI is InChI=1S/C18H20Cl2N4O2S/c19-14-7-6-12(8-15(14)20)21-16(25)9-13-10-27-18(23-13)24-17(26)22-11-4-2-1-3-5-11/h6-8,10-11H,1-5,9H2,(H,21,25)(H2,22,23,24,26). The van der Waals surface area contributed by atoms with Gasteiger partial charge in [-0.3, -0.25) is 10.1 Å². The molecule has 27 heavy (non-hydrogen) atoms. The summed E-state index contributed by atoms with van der Waals surface area (Å²) in [7, 11) is 0. The summed E-state index contributed by atoms with van der Waals surface area (Å²) in [4.78, 5) is 28.5. The smallest absolute Gasteiger partial charge is 0.321 e. The zero-order chi connectivity index (χ0) is 19.2. The van der Waals surface area contributed by atoms with Crippen LogP contribution in [0.4, 0.5) is 15.6 Å². The van der Waals surface area contributed by atoms with Crippen molar-refractivity contribution in [2.45, 2.75) is 44.6 Å². The molecule has 0 radical (unpaired) electrons. The van der Waals surface area contributed by atoms with E-state index in [1.54, 1.807) is 23.6 Å². The summed E-state index contributed by atoms with van der Waals surface area (Å²) in [5, 5.41) is 11.5. The van der Waals surface area contributed by atoms with E-state index in [0.717, 1.165) is 25.7 Å². The molecule has 1 aromatic heterocycles. The van der Waals surface area contributed by atoms with E-state index in [4.69, 9.17) is 23.2 Å². The van der Waals surface area contributed by atoms with Gasteiger partial charge in [0.05, 0.1) is 22.2 Å². The van der Waals surface area contributed by atoms with Gasteiger partial charge < -0.3 is 10.6 Å². The van der Waals surface area contributed by atoms with Gasteiger partial charge in [-0.25, -0.2) is 9.78 Å². The highest BCUT2D eigenvalue weighted by atomic mass is 35.5. The lowest BCUT2D eigenvalue weighted by Crippen LogP contribution is -2.39. The van der Waals surface area contributed by atoms with Gasteiger partial charge in [-0.1, -0.05) is 42.5 Å². The topological polar surface area (TPSA) is 83.1 Å². The molecule has 1 aliphatic rings. The van der Waals surface area contributed by atoms with Gasteiger partial charge in [-0.2, -0.15) is 0 Å². The van der Waals surface area contributed by atoms with E-state index < -0.39 is 0 Å². The number of aromatic nitrogens is 1. The molecule has 0 bridgehead atoms. The number of nitrogens with zero attached hydrogens (tertiary/aromatic N) is 1. The Hall–Kier alpha value is -1.83. The van der Waals surface area contributed by atoms with Crippen molar-refractivity contribution in [3.05, 3.63) is 39.3 Å². The normalized spacial score (nSPS) is 14.6. The van der Waals surface area contributed by atoms with Gasteiger partial charge in [0, 0.05) is 17.1 Å². The summed E-state index contributed by atoms with van der Waals surface area (Å²) in [5.41, 5.74) is 1.15. The molecule has 0 aliphatic heterocycles. The molecular weight excluding hydrogens is 407 g/mol. The third-order valence-corrected chi connectivity index (χ3v) is 5.80. The van der Waals surface area contributed by atoms with Crippen LogP contribution in [0.25, 0.3) is 0 Å². The van der Waals surface area contributed by atoms with Crippen LogP contribution in [0.2, 0.25) is 10.0 Å². The molecule has 3 N–H and O–H groups in total. The second-order valence-corrected chi connectivity index (χ2v) is 8.10. The number of rotatable bonds is 5. The highest BCUT2D eigenvalue weighted by Crippen LogP contribution is 2.25. The molecule has 2 aromatic rings. The minimum atomic E-state index is -0.247. The van der Waals surface area contributed by atoms with Crippen LogP contribution in [0, 0.1) is 0 Å². The number of nitrogens with one attached hydrogen (secondary N) is 3. The Morgan fingerprint density at radius 3 is 2.63 bits per heavy atom. The van der Waals surface area contributed by atoms with Crippen LogP contribution in [-0.4, -0.2) is 23.0 Å². The van der Waals surface area contributed by atoms with Crippen LogP contribution < -0.4 is 16.0 Å². The molecule has 1 fully saturated rings. The van der Waals surface area contributed by atoms with Crippen LogP contribution in [0.3, 0.4) is 0 Å². The van der Waals surface area contributed by atoms with Crippen LogP contribution in [-0.2, 0) is 11.2 Å². The third-order valence-electron chi connectivity index (χ3n) is 4.26. The number of amides is 3. The first kappa shape index (κ1) is 19.9. The van der Waals surface area contributed by atoms with Crippen molar-refractivity contribution in [3.8, 4) is 0 Å². The molecule has 1 aliphatic carbocycles. The molecule has 3 rings (SSSR count). The zero-order valence-corrected chi connectivity index (χ0v) is 16.9. The number of thiazole rings is 1. The third kappa shape index (κ3) is 6.09. The minimum Gasteiger partial charge on any atom is -0.335 e. The van der Waals surface area contributed by atoms with Crippen molar-refractivity contribution in [2.24, 2.45) is 0 Å². The molecular formula is C18H20Cl2N4O2S. The molecule has 3 amide bonds. The van der Waals surface area contributed by atoms with Crippen molar-refractivity contribution >= 4 is 57.3 Å². The average molecular weight is 427 g/mol. The summed E-state index contributed by atoms with van der Waals surface area (Å²) in [6.07, 6.45) is 5.68. The Labute approximate surface area is 171 Å². The molecule has 9 heteroatoms. The Kier molecular flexibility index (Phi) is 6.93. The fraction of sp³-hybridized carbons (Fsp3) is 0.389. The van der Waals surface area contributed by atoms with Crippen molar-refractivity contribution in [1.82, 2.24) is 10.3 Å². The van der Waals surface area contributed by atoms with Gasteiger partial charge in [0.2, 0.25) is 5.91 Å². The average Bonchev–Trinajstić information content (AvgIpc) is 3.05. The van der Waals surface area contributed by atoms with Crippen molar-refractivity contribution in [1.29, 1.82) is 0 Å². The van der Waals surface area contributed by atoms with Crippen molar-refractivity contribution in [3.63, 3.8) is 0 Å². The van der Waals surface area contributed by atoms with E-state index in [1.165, 1.54) is 17.8 Å². The number of urea groups is 1. The summed E-state index contributed by atoms with van der Waals surface area (Å²) in [5.74, 6) is -0.225. The minimum absolute atomic E-state index is 0.0999. The lowest BCUT2D eigenvalue weighted by atomic mass is 9.96. The van der Waals surface area contributed by atoms with Crippen molar-refractivity contribution in [2.75, 3.05) is 10.6 Å². The molecule has 0 atom stereocenters. The van der Waals surface area contributed by atoms with Gasteiger partial charge >= 0.3 is 6.03 Å². The second-order valence-electron chi connectivity index (χ2n) is 6.43. The zero-order valence-electron chi connectivity index (χ0n) is 14.6. The lowest BCUT2D eigenvalue weighted by Gasteiger charge is -2.22. The van der Waals surface area contributed by atoms with E-state index in [9.17, 15) is 9.59 Å². The van der Waals surface area contributed by atoms with E-state index in [-0.39, 0.29) is 24.4 Å². The quantitative estimate of drug-likeness (QED) is 0.622. The monoisotopic (exact) mass is 426 g/mol. The van der Waals surface area contributed by atoms with Gasteiger partial charge in [-0.15, -0.1) is 11.3 Å². The summed E-state index contributed by atoms with van der Waals surface area (Å²) < 4.78 is 0. The first-order valence-electron chi connectivity index (χ1n) is 8.76. The predicted octanol–water partition coefficient (Wildman–Crippen LogP) is 5.09. The number of carbonyl (C=O) groups is 2. The predicted molar refractivity (Wildman–Crippen MR) is 110 cm³/mol. The maximum atomic E-state index is 12.1. The number of anilines is 2. The van der Waals surface area contributed by atoms with Crippen LogP contribution in [0.1, 0.15) is 37.8 Å². The first-order valence-corrected chi connectivity index (χ1v) is 10.4. The molecule has 1 aromatic carbocycles. The maximum Gasteiger partial charge on any atom is 0.321 e. The number of hydrogen-bond donors (Lipinski definition) is 3. The molecule has 0 spiro atoms. The number of benzene rings is 1. The molecule has 144 valence electrons. The van der Waals surface area contributed by atoms with Crippen LogP contribution in [0.5, 0.6) is 0 Å². The Morgan fingerprint density at radius 2 is 1.89 bits per heavy atom. The second kappa shape index (κ2) is 9.39. The molecule has 0 unspecified atom stereocenters. The maximum absolute atomic E-state index is 12.1. The molecule has 1 heterocycles. The summed E-state index contributed by atoms with van der Waals surface area (Å²) in [6.45, 7) is 0. The Bertz CT molecular complexity index is 821. The fourth-order valence-electron chi connectivity index (χ4n) is 2.95. The highest BCUT2D eigenvalue weighted by Gasteiger charge is 2.16. The molecule has 6 nitrogen and oxygen atoms in total. The van der Waals surface area contributed by atoms with Gasteiger partial charge in [0.15, 0.2) is 5.13 Å². The number of halogens is 2. The Morgan fingerprint density at radius 1 is 1.11 bits per heavy atom.